The van der Waals surface area contributed by atoms with E-state index in [0.29, 0.717) is 19.3 Å². The third kappa shape index (κ3) is 42.0. The van der Waals surface area contributed by atoms with E-state index in [1.165, 1.54) is 161 Å². The van der Waals surface area contributed by atoms with Crippen LogP contribution in [0.15, 0.2) is 0 Å². The number of rotatable bonds is 44. The second-order valence-corrected chi connectivity index (χ2v) is 17.8. The molecule has 0 aliphatic rings. The molecule has 0 saturated heterocycles. The van der Waals surface area contributed by atoms with Crippen molar-refractivity contribution < 1.29 is 28.6 Å². The Kier molecular flexibility index (Phi) is 41.8. The highest BCUT2D eigenvalue weighted by molar-refractivity contribution is 5.71. The van der Waals surface area contributed by atoms with Crippen molar-refractivity contribution in [3.05, 3.63) is 0 Å². The van der Waals surface area contributed by atoms with E-state index < -0.39 is 6.10 Å². The summed E-state index contributed by atoms with van der Waals surface area (Å²) in [5.41, 5.74) is 0. The van der Waals surface area contributed by atoms with Crippen molar-refractivity contribution in [2.45, 2.75) is 278 Å². The molecule has 1 unspecified atom stereocenters. The molecule has 0 heterocycles. The molecule has 0 radical (unpaired) electrons. The van der Waals surface area contributed by atoms with Gasteiger partial charge in [0.05, 0.1) is 0 Å². The quantitative estimate of drug-likeness (QED) is 0.0347. The molecular formula is C50H96O6. The number of esters is 3. The second-order valence-electron chi connectivity index (χ2n) is 17.8. The minimum Gasteiger partial charge on any atom is -0.462 e. The molecule has 0 saturated carbocycles. The highest BCUT2D eigenvalue weighted by Crippen LogP contribution is 2.17. The second kappa shape index (κ2) is 43.0. The maximum Gasteiger partial charge on any atom is 0.306 e. The first kappa shape index (κ1) is 54.4. The summed E-state index contributed by atoms with van der Waals surface area (Å²) in [4.78, 5) is 37.8. The zero-order chi connectivity index (χ0) is 41.2. The van der Waals surface area contributed by atoms with Crippen LogP contribution in [0.5, 0.6) is 0 Å². The van der Waals surface area contributed by atoms with Crippen molar-refractivity contribution in [2.75, 3.05) is 13.2 Å². The Balaban J connectivity index is 4.33. The van der Waals surface area contributed by atoms with E-state index in [1.54, 1.807) is 0 Å². The van der Waals surface area contributed by atoms with Gasteiger partial charge in [-0.25, -0.2) is 0 Å². The Morgan fingerprint density at radius 1 is 0.375 bits per heavy atom. The van der Waals surface area contributed by atoms with Crippen LogP contribution in [-0.4, -0.2) is 37.2 Å². The Hall–Kier alpha value is -1.59. The minimum absolute atomic E-state index is 0.0644. The Labute approximate surface area is 348 Å². The van der Waals surface area contributed by atoms with Crippen LogP contribution in [0.3, 0.4) is 0 Å². The predicted octanol–water partition coefficient (Wildman–Crippen LogP) is 15.8. The summed E-state index contributed by atoms with van der Waals surface area (Å²) in [7, 11) is 0. The third-order valence-corrected chi connectivity index (χ3v) is 11.6. The van der Waals surface area contributed by atoms with Gasteiger partial charge in [0.25, 0.3) is 0 Å². The lowest BCUT2D eigenvalue weighted by molar-refractivity contribution is -0.167. The largest absolute Gasteiger partial charge is 0.462 e. The molecule has 6 nitrogen and oxygen atoms in total. The first-order valence-electron chi connectivity index (χ1n) is 24.8. The normalized spacial score (nSPS) is 12.5. The van der Waals surface area contributed by atoms with Gasteiger partial charge in [0.15, 0.2) is 6.10 Å². The highest BCUT2D eigenvalue weighted by atomic mass is 16.6. The van der Waals surface area contributed by atoms with Crippen LogP contribution in [0.1, 0.15) is 272 Å². The third-order valence-electron chi connectivity index (χ3n) is 11.6. The van der Waals surface area contributed by atoms with E-state index in [0.717, 1.165) is 69.6 Å². The van der Waals surface area contributed by atoms with E-state index in [9.17, 15) is 14.4 Å². The molecular weight excluding hydrogens is 697 g/mol. The first-order chi connectivity index (χ1) is 27.3. The summed E-state index contributed by atoms with van der Waals surface area (Å²) in [5.74, 6) is 0.819. The van der Waals surface area contributed by atoms with Crippen LogP contribution < -0.4 is 0 Å². The van der Waals surface area contributed by atoms with Gasteiger partial charge in [-0.3, -0.25) is 14.4 Å². The Morgan fingerprint density at radius 3 is 1.02 bits per heavy atom. The molecule has 0 N–H and O–H groups in total. The molecule has 0 aromatic rings. The maximum atomic E-state index is 12.7. The monoisotopic (exact) mass is 793 g/mol. The molecule has 0 spiro atoms. The zero-order valence-corrected chi connectivity index (χ0v) is 38.3. The average Bonchev–Trinajstić information content (AvgIpc) is 3.18. The molecule has 0 aromatic carbocycles. The number of ether oxygens (including phenoxy) is 3. The van der Waals surface area contributed by atoms with Gasteiger partial charge in [-0.05, 0) is 31.1 Å². The van der Waals surface area contributed by atoms with Gasteiger partial charge >= 0.3 is 17.9 Å². The Morgan fingerprint density at radius 2 is 0.679 bits per heavy atom. The van der Waals surface area contributed by atoms with Crippen LogP contribution in [0.25, 0.3) is 0 Å². The molecule has 0 rings (SSSR count). The number of hydrogen-bond donors (Lipinski definition) is 0. The van der Waals surface area contributed by atoms with Gasteiger partial charge in [0, 0.05) is 19.3 Å². The topological polar surface area (TPSA) is 78.9 Å². The summed E-state index contributed by atoms with van der Waals surface area (Å²) >= 11 is 0. The van der Waals surface area contributed by atoms with Crippen molar-refractivity contribution in [1.82, 2.24) is 0 Å². The standard InChI is InChI=1S/C50H96O6/c1-6-8-9-10-11-12-13-16-19-25-30-35-40-48(51)54-43-47(56-50(53)42-37-32-27-22-21-24-29-34-39-46(5)7-2)44-55-49(52)41-36-31-26-20-17-14-15-18-23-28-33-38-45(3)4/h45-47H,6-44H2,1-5H3/t46?,47-/m0/s1. The molecule has 2 atom stereocenters. The van der Waals surface area contributed by atoms with E-state index in [-0.39, 0.29) is 31.1 Å². The number of carbonyl (C=O) groups is 3. The fourth-order valence-electron chi connectivity index (χ4n) is 7.43. The van der Waals surface area contributed by atoms with Crippen molar-refractivity contribution >= 4 is 17.9 Å². The molecule has 0 amide bonds. The van der Waals surface area contributed by atoms with Crippen molar-refractivity contribution in [3.8, 4) is 0 Å². The van der Waals surface area contributed by atoms with E-state index in [4.69, 9.17) is 14.2 Å². The van der Waals surface area contributed by atoms with E-state index in [2.05, 4.69) is 34.6 Å². The fraction of sp³-hybridized carbons (Fsp3) is 0.940. The Bertz CT molecular complexity index is 856. The molecule has 56 heavy (non-hydrogen) atoms. The summed E-state index contributed by atoms with van der Waals surface area (Å²) < 4.78 is 16.8. The number of carbonyl (C=O) groups excluding carboxylic acids is 3. The lowest BCUT2D eigenvalue weighted by atomic mass is 9.99. The smallest absolute Gasteiger partial charge is 0.306 e. The van der Waals surface area contributed by atoms with E-state index in [1.807, 2.05) is 0 Å². The SMILES string of the molecule is CCCCCCCCCCCCCCC(=O)OC[C@@H](COC(=O)CCCCCCCCCCCCCC(C)C)OC(=O)CCCCCCCCCCC(C)CC. The first-order valence-corrected chi connectivity index (χ1v) is 24.8. The van der Waals surface area contributed by atoms with Crippen LogP contribution in [0.2, 0.25) is 0 Å². The maximum absolute atomic E-state index is 12.7. The molecule has 0 aliphatic carbocycles. The zero-order valence-electron chi connectivity index (χ0n) is 38.3. The van der Waals surface area contributed by atoms with Crippen molar-refractivity contribution in [1.29, 1.82) is 0 Å². The molecule has 0 aromatic heterocycles. The minimum atomic E-state index is -0.761. The number of hydrogen-bond acceptors (Lipinski definition) is 6. The van der Waals surface area contributed by atoms with Crippen LogP contribution in [0.4, 0.5) is 0 Å². The van der Waals surface area contributed by atoms with Crippen LogP contribution >= 0.6 is 0 Å². The fourth-order valence-corrected chi connectivity index (χ4v) is 7.43. The van der Waals surface area contributed by atoms with Gasteiger partial charge in [0.1, 0.15) is 13.2 Å². The van der Waals surface area contributed by atoms with Crippen molar-refractivity contribution in [2.24, 2.45) is 11.8 Å². The van der Waals surface area contributed by atoms with Gasteiger partial charge in [-0.15, -0.1) is 0 Å². The van der Waals surface area contributed by atoms with E-state index >= 15 is 0 Å². The summed E-state index contributed by atoms with van der Waals surface area (Å²) in [6.45, 7) is 11.4. The molecule has 332 valence electrons. The molecule has 0 aliphatic heterocycles. The lowest BCUT2D eigenvalue weighted by Crippen LogP contribution is -2.30. The van der Waals surface area contributed by atoms with Gasteiger partial charge in [-0.2, -0.15) is 0 Å². The molecule has 6 heteroatoms. The van der Waals surface area contributed by atoms with Crippen LogP contribution in [-0.2, 0) is 28.6 Å². The summed E-state index contributed by atoms with van der Waals surface area (Å²) in [5, 5.41) is 0. The van der Waals surface area contributed by atoms with Crippen molar-refractivity contribution in [3.63, 3.8) is 0 Å². The summed E-state index contributed by atoms with van der Waals surface area (Å²) in [6.07, 6.45) is 42.2. The average molecular weight is 793 g/mol. The lowest BCUT2D eigenvalue weighted by Gasteiger charge is -2.18. The predicted molar refractivity (Wildman–Crippen MR) is 238 cm³/mol. The van der Waals surface area contributed by atoms with Gasteiger partial charge in [0.2, 0.25) is 0 Å². The van der Waals surface area contributed by atoms with Gasteiger partial charge in [-0.1, -0.05) is 234 Å². The molecule has 0 bridgehead atoms. The summed E-state index contributed by atoms with van der Waals surface area (Å²) in [6, 6.07) is 0. The van der Waals surface area contributed by atoms with Gasteiger partial charge < -0.3 is 14.2 Å². The molecule has 0 fully saturated rings. The van der Waals surface area contributed by atoms with Crippen LogP contribution in [0, 0.1) is 11.8 Å². The number of unbranched alkanes of at least 4 members (excludes halogenated alkanes) is 28. The highest BCUT2D eigenvalue weighted by Gasteiger charge is 2.19.